The maximum absolute atomic E-state index is 5.04. The third kappa shape index (κ3) is 16.1. The Balaban J connectivity index is 3.02. The molecule has 1 unspecified atom stereocenters. The molecule has 2 N–H and O–H groups in total. The molecule has 0 heterocycles. The van der Waals surface area contributed by atoms with E-state index in [0.717, 1.165) is 0 Å². The summed E-state index contributed by atoms with van der Waals surface area (Å²) in [4.78, 5) is 0. The van der Waals surface area contributed by atoms with Gasteiger partial charge in [-0.15, -0.1) is 0 Å². The molecular formula is CH5NP2. The first-order valence-corrected chi connectivity index (χ1v) is 3.92. The first-order valence-electron chi connectivity index (χ1n) is 0.905. The van der Waals surface area contributed by atoms with E-state index < -0.39 is 7.17 Å². The molecule has 24 valence electrons. The summed E-state index contributed by atoms with van der Waals surface area (Å²) in [7, 11) is 3.38. The van der Waals surface area contributed by atoms with Crippen molar-refractivity contribution >= 4 is 15.5 Å². The molecule has 0 saturated carbocycles. The Morgan fingerprint density at radius 1 is 2.00 bits per heavy atom. The third-order valence-electron chi connectivity index (χ3n) is 0. The number of nitrogens with two attached hydrogens (primary N) is 1. The van der Waals surface area contributed by atoms with Crippen LogP contribution in [-0.2, 0) is 0 Å². The van der Waals surface area contributed by atoms with E-state index in [1.807, 2.05) is 6.66 Å². The van der Waals surface area contributed by atoms with Crippen molar-refractivity contribution in [3.05, 3.63) is 0 Å². The summed E-state index contributed by atoms with van der Waals surface area (Å²) < 4.78 is 0. The van der Waals surface area contributed by atoms with Gasteiger partial charge in [0.2, 0.25) is 0 Å². The van der Waals surface area contributed by atoms with E-state index in [1.165, 1.54) is 0 Å². The van der Waals surface area contributed by atoms with Gasteiger partial charge in [0.25, 0.3) is 0 Å². The molecule has 0 aliphatic rings. The van der Waals surface area contributed by atoms with E-state index in [9.17, 15) is 0 Å². The van der Waals surface area contributed by atoms with Crippen LogP contribution in [0.2, 0.25) is 0 Å². The monoisotopic (exact) mass is 93.0 g/mol. The van der Waals surface area contributed by atoms with Crippen LogP contribution in [0.4, 0.5) is 0 Å². The zero-order valence-electron chi connectivity index (χ0n) is 2.47. The fourth-order valence-electron chi connectivity index (χ4n) is 0. The summed E-state index contributed by atoms with van der Waals surface area (Å²) in [5, 5.41) is 0. The van der Waals surface area contributed by atoms with E-state index in [1.54, 1.807) is 0 Å². The van der Waals surface area contributed by atoms with Gasteiger partial charge in [-0.2, -0.15) is 0 Å². The Kier molecular flexibility index (Phi) is 2.30. The molecule has 0 aliphatic heterocycles. The molecule has 0 saturated heterocycles. The average Bonchev–Trinajstić information content (AvgIpc) is 0.811. The van der Waals surface area contributed by atoms with E-state index in [0.29, 0.717) is 0 Å². The van der Waals surface area contributed by atoms with Crippen LogP contribution in [-0.4, -0.2) is 6.66 Å². The molecule has 0 rings (SSSR count). The summed E-state index contributed by atoms with van der Waals surface area (Å²) in [5.41, 5.74) is 5.04. The van der Waals surface area contributed by atoms with Gasteiger partial charge in [-0.05, 0) is 0 Å². The maximum atomic E-state index is 5.04. The molecule has 0 radical (unpaired) electrons. The molecule has 1 atom stereocenters. The molecule has 4 heavy (non-hydrogen) atoms. The van der Waals surface area contributed by atoms with Crippen LogP contribution < -0.4 is 5.50 Å². The Hall–Kier alpha value is 0.690. The third-order valence-corrected chi connectivity index (χ3v) is 0. The Morgan fingerprint density at radius 2 is 2.00 bits per heavy atom. The van der Waals surface area contributed by atoms with Crippen molar-refractivity contribution in [2.45, 2.75) is 0 Å². The summed E-state index contributed by atoms with van der Waals surface area (Å²) in [5.74, 6) is 0. The van der Waals surface area contributed by atoms with Gasteiger partial charge in [-0.3, -0.25) is 0 Å². The number of hydrogen-bond donors (Lipinski definition) is 1. The predicted octanol–water partition coefficient (Wildman–Crippen LogP) is 1.30. The van der Waals surface area contributed by atoms with Crippen molar-refractivity contribution < 1.29 is 0 Å². The van der Waals surface area contributed by atoms with Gasteiger partial charge < -0.3 is 0 Å². The minimum atomic E-state index is -0.426. The molecule has 0 fully saturated rings. The second-order valence-electron chi connectivity index (χ2n) is 0.574. The quantitative estimate of drug-likeness (QED) is 0.449. The van der Waals surface area contributed by atoms with Gasteiger partial charge in [0.1, 0.15) is 0 Å². The van der Waals surface area contributed by atoms with Gasteiger partial charge in [0.05, 0.1) is 0 Å². The van der Waals surface area contributed by atoms with E-state index in [2.05, 4.69) is 8.34 Å². The van der Waals surface area contributed by atoms with Crippen LogP contribution in [0, 0.1) is 0 Å². The molecule has 0 spiro atoms. The summed E-state index contributed by atoms with van der Waals surface area (Å²) in [6, 6.07) is 0. The van der Waals surface area contributed by atoms with Gasteiger partial charge in [0, 0.05) is 0 Å². The van der Waals surface area contributed by atoms with E-state index in [4.69, 9.17) is 5.50 Å². The number of hydrogen-bond acceptors (Lipinski definition) is 1. The van der Waals surface area contributed by atoms with Crippen LogP contribution in [0.5, 0.6) is 0 Å². The van der Waals surface area contributed by atoms with Crippen LogP contribution >= 0.6 is 15.5 Å². The van der Waals surface area contributed by atoms with Gasteiger partial charge >= 0.3 is 27.7 Å². The van der Waals surface area contributed by atoms with Gasteiger partial charge in [-0.25, -0.2) is 0 Å². The van der Waals surface area contributed by atoms with Crippen LogP contribution in [0.3, 0.4) is 0 Å². The molecule has 3 heteroatoms. The minimum absolute atomic E-state index is 0.426. The van der Waals surface area contributed by atoms with Crippen molar-refractivity contribution in [2.75, 3.05) is 6.66 Å². The molecule has 0 bridgehead atoms. The van der Waals surface area contributed by atoms with Crippen molar-refractivity contribution in [2.24, 2.45) is 5.50 Å². The first-order chi connectivity index (χ1) is 1.73. The topological polar surface area (TPSA) is 26.0 Å². The molecule has 0 aromatic heterocycles. The molecule has 0 amide bonds. The molecule has 0 aromatic carbocycles. The second-order valence-corrected chi connectivity index (χ2v) is 3.61. The summed E-state index contributed by atoms with van der Waals surface area (Å²) in [6.45, 7) is 1.87. The Bertz CT molecular complexity index is 52.2. The van der Waals surface area contributed by atoms with Crippen molar-refractivity contribution in [1.82, 2.24) is 0 Å². The summed E-state index contributed by atoms with van der Waals surface area (Å²) in [6.07, 6.45) is 0. The van der Waals surface area contributed by atoms with Crippen molar-refractivity contribution in [3.63, 3.8) is 0 Å². The van der Waals surface area contributed by atoms with E-state index in [-0.39, 0.29) is 0 Å². The molecule has 0 aromatic rings. The predicted molar refractivity (Wildman–Crippen MR) is 24.0 cm³/mol. The SMILES string of the molecule is CP(N)#P. The summed E-state index contributed by atoms with van der Waals surface area (Å²) >= 11 is 0. The van der Waals surface area contributed by atoms with Crippen LogP contribution in [0.15, 0.2) is 0 Å². The first kappa shape index (κ1) is 4.69. The standard InChI is InChI=1S/CH5NP2/c1-4(2)3/h2H2,1H3. The normalized spacial score (nSPS) is 10.8. The van der Waals surface area contributed by atoms with Crippen molar-refractivity contribution in [3.8, 4) is 0 Å². The van der Waals surface area contributed by atoms with E-state index >= 15 is 0 Å². The second kappa shape index (κ2) is 1.96. The van der Waals surface area contributed by atoms with Gasteiger partial charge in [-0.1, -0.05) is 0 Å². The zero-order valence-corrected chi connectivity index (χ0v) is 4.26. The Labute approximate surface area is 28.7 Å². The average molecular weight is 93.0 g/mol. The van der Waals surface area contributed by atoms with Crippen LogP contribution in [0.25, 0.3) is 0 Å². The van der Waals surface area contributed by atoms with Crippen molar-refractivity contribution in [1.29, 1.82) is 0 Å². The Morgan fingerprint density at radius 3 is 2.00 bits per heavy atom. The molecular weight excluding hydrogens is 88.0 g/mol. The van der Waals surface area contributed by atoms with Gasteiger partial charge in [0.15, 0.2) is 0 Å². The molecule has 1 nitrogen and oxygen atoms in total. The van der Waals surface area contributed by atoms with Crippen LogP contribution in [0.1, 0.15) is 0 Å². The molecule has 0 aliphatic carbocycles. The number of rotatable bonds is 0. The fourth-order valence-corrected chi connectivity index (χ4v) is 0. The zero-order chi connectivity index (χ0) is 3.58. The fraction of sp³-hybridized carbons (Fsp3) is 1.00.